The largest absolute Gasteiger partial charge is 0.508 e. The molecule has 2 fully saturated rings. The van der Waals surface area contributed by atoms with Crippen molar-refractivity contribution in [3.63, 3.8) is 0 Å². The fraction of sp³-hybridized carbons (Fsp3) is 0.625. The number of halogens is 3. The molecule has 1 aliphatic heterocycles. The lowest BCUT2D eigenvalue weighted by Crippen LogP contribution is -2.46. The first-order valence-electron chi connectivity index (χ1n) is 7.69. The number of nitrogens with one attached hydrogen (secondary N) is 1. The molecule has 3 nitrogen and oxygen atoms in total. The Hall–Kier alpha value is -0.550. The van der Waals surface area contributed by atoms with E-state index in [4.69, 9.17) is 0 Å². The van der Waals surface area contributed by atoms with Gasteiger partial charge in [-0.2, -0.15) is 0 Å². The number of phenolic OH excluding ortho intramolecular Hbond substituents is 1. The van der Waals surface area contributed by atoms with Gasteiger partial charge < -0.3 is 10.4 Å². The van der Waals surface area contributed by atoms with Crippen LogP contribution in [0.2, 0.25) is 0 Å². The summed E-state index contributed by atoms with van der Waals surface area (Å²) in [6.45, 7) is 3.88. The number of rotatable bonds is 3. The van der Waals surface area contributed by atoms with E-state index in [1.165, 1.54) is 43.9 Å². The highest BCUT2D eigenvalue weighted by molar-refractivity contribution is 5.85. The van der Waals surface area contributed by atoms with Crippen molar-refractivity contribution >= 4 is 24.8 Å². The van der Waals surface area contributed by atoms with Gasteiger partial charge in [0.25, 0.3) is 0 Å². The summed E-state index contributed by atoms with van der Waals surface area (Å²) >= 11 is 0. The minimum atomic E-state index is -0.254. The van der Waals surface area contributed by atoms with Gasteiger partial charge in [0, 0.05) is 37.8 Å². The summed E-state index contributed by atoms with van der Waals surface area (Å²) in [6, 6.07) is 4.52. The summed E-state index contributed by atoms with van der Waals surface area (Å²) in [5, 5.41) is 13.5. The van der Waals surface area contributed by atoms with Crippen LogP contribution < -0.4 is 5.32 Å². The topological polar surface area (TPSA) is 35.5 Å². The van der Waals surface area contributed by atoms with E-state index in [-0.39, 0.29) is 42.4 Å². The van der Waals surface area contributed by atoms with Crippen LogP contribution in [0.1, 0.15) is 37.3 Å². The zero-order chi connectivity index (χ0) is 13.9. The molecule has 126 valence electrons. The smallest absolute Gasteiger partial charge is 0.123 e. The van der Waals surface area contributed by atoms with Crippen LogP contribution in [-0.4, -0.2) is 36.2 Å². The first-order chi connectivity index (χ1) is 9.75. The predicted octanol–water partition coefficient (Wildman–Crippen LogP) is 3.51. The van der Waals surface area contributed by atoms with Crippen molar-refractivity contribution in [3.8, 4) is 5.75 Å². The Bertz CT molecular complexity index is 463. The Kier molecular flexibility index (Phi) is 7.90. The van der Waals surface area contributed by atoms with Crippen molar-refractivity contribution in [2.24, 2.45) is 5.92 Å². The number of hydrogen-bond acceptors (Lipinski definition) is 3. The van der Waals surface area contributed by atoms with Crippen LogP contribution in [0, 0.1) is 11.7 Å². The highest BCUT2D eigenvalue weighted by Gasteiger charge is 2.33. The van der Waals surface area contributed by atoms with E-state index in [2.05, 4.69) is 10.2 Å². The molecule has 0 radical (unpaired) electrons. The monoisotopic (exact) mass is 350 g/mol. The normalized spacial score (nSPS) is 21.0. The Labute approximate surface area is 144 Å². The number of aromatic hydroxyl groups is 1. The van der Waals surface area contributed by atoms with Crippen LogP contribution in [0.5, 0.6) is 5.75 Å². The van der Waals surface area contributed by atoms with E-state index >= 15 is 0 Å². The average molecular weight is 351 g/mol. The fourth-order valence-corrected chi connectivity index (χ4v) is 3.74. The van der Waals surface area contributed by atoms with Crippen molar-refractivity contribution in [1.29, 1.82) is 0 Å². The van der Waals surface area contributed by atoms with Crippen molar-refractivity contribution in [2.75, 3.05) is 26.2 Å². The molecule has 3 rings (SSSR count). The molecular weight excluding hydrogens is 326 g/mol. The Morgan fingerprint density at radius 3 is 2.41 bits per heavy atom. The minimum Gasteiger partial charge on any atom is -0.508 e. The second-order valence-electron chi connectivity index (χ2n) is 5.98. The number of piperazine rings is 1. The van der Waals surface area contributed by atoms with Gasteiger partial charge in [-0.3, -0.25) is 4.90 Å². The second kappa shape index (κ2) is 8.92. The number of nitrogens with zero attached hydrogens (tertiary/aromatic N) is 1. The number of benzene rings is 1. The maximum absolute atomic E-state index is 13.6. The minimum absolute atomic E-state index is 0. The lowest BCUT2D eigenvalue weighted by atomic mass is 9.89. The van der Waals surface area contributed by atoms with Crippen LogP contribution in [0.25, 0.3) is 0 Å². The van der Waals surface area contributed by atoms with Gasteiger partial charge >= 0.3 is 0 Å². The molecule has 1 aliphatic carbocycles. The molecule has 1 saturated carbocycles. The predicted molar refractivity (Wildman–Crippen MR) is 91.7 cm³/mol. The molecule has 1 heterocycles. The van der Waals surface area contributed by atoms with Gasteiger partial charge in [0.2, 0.25) is 0 Å². The van der Waals surface area contributed by atoms with E-state index < -0.39 is 0 Å². The van der Waals surface area contributed by atoms with Crippen molar-refractivity contribution in [3.05, 3.63) is 29.6 Å². The number of phenols is 1. The van der Waals surface area contributed by atoms with Gasteiger partial charge in [-0.25, -0.2) is 4.39 Å². The van der Waals surface area contributed by atoms with E-state index in [1.54, 1.807) is 0 Å². The summed E-state index contributed by atoms with van der Waals surface area (Å²) in [6.07, 6.45) is 4.88. The van der Waals surface area contributed by atoms with Crippen molar-refractivity contribution in [2.45, 2.75) is 31.7 Å². The quantitative estimate of drug-likeness (QED) is 0.875. The standard InChI is InChI=1S/C16H23FN2O.2ClH/c17-13-5-6-15(20)14(11-13)16(12-3-1-2-4-12)19-9-7-18-8-10-19;;/h5-6,11-12,16,18,20H,1-4,7-10H2;2*1H/t16-;;/m1../s1. The maximum Gasteiger partial charge on any atom is 0.123 e. The molecule has 6 heteroatoms. The highest BCUT2D eigenvalue weighted by Crippen LogP contribution is 2.42. The summed E-state index contributed by atoms with van der Waals surface area (Å²) < 4.78 is 13.6. The summed E-state index contributed by atoms with van der Waals surface area (Å²) in [5.74, 6) is 0.526. The number of hydrogen-bond donors (Lipinski definition) is 2. The van der Waals surface area contributed by atoms with Gasteiger partial charge in [0.05, 0.1) is 0 Å². The summed E-state index contributed by atoms with van der Waals surface area (Å²) in [7, 11) is 0. The van der Waals surface area contributed by atoms with E-state index in [9.17, 15) is 9.50 Å². The third kappa shape index (κ3) is 4.25. The Morgan fingerprint density at radius 2 is 1.77 bits per heavy atom. The third-order valence-corrected chi connectivity index (χ3v) is 4.70. The lowest BCUT2D eigenvalue weighted by Gasteiger charge is -2.38. The molecule has 0 unspecified atom stereocenters. The van der Waals surface area contributed by atoms with Gasteiger partial charge in [0.15, 0.2) is 0 Å². The molecule has 1 atom stereocenters. The first-order valence-corrected chi connectivity index (χ1v) is 7.69. The van der Waals surface area contributed by atoms with Crippen LogP contribution in [0.4, 0.5) is 4.39 Å². The molecule has 1 aromatic carbocycles. The molecule has 22 heavy (non-hydrogen) atoms. The van der Waals surface area contributed by atoms with Crippen LogP contribution in [0.3, 0.4) is 0 Å². The van der Waals surface area contributed by atoms with Gasteiger partial charge in [-0.1, -0.05) is 12.8 Å². The van der Waals surface area contributed by atoms with Crippen molar-refractivity contribution < 1.29 is 9.50 Å². The van der Waals surface area contributed by atoms with Crippen LogP contribution in [0.15, 0.2) is 18.2 Å². The van der Waals surface area contributed by atoms with Crippen LogP contribution >= 0.6 is 24.8 Å². The molecule has 2 aliphatic rings. The summed E-state index contributed by atoms with van der Waals surface area (Å²) in [4.78, 5) is 2.42. The van der Waals surface area contributed by atoms with E-state index in [0.717, 1.165) is 31.7 Å². The molecule has 0 spiro atoms. The molecule has 0 aromatic heterocycles. The Balaban J connectivity index is 0.00000121. The molecule has 2 N–H and O–H groups in total. The SMILES string of the molecule is Cl.Cl.Oc1ccc(F)cc1[C@@H](C1CCCC1)N1CCNCC1. The lowest BCUT2D eigenvalue weighted by molar-refractivity contribution is 0.123. The molecule has 0 bridgehead atoms. The maximum atomic E-state index is 13.6. The van der Waals surface area contributed by atoms with E-state index in [0.29, 0.717) is 5.92 Å². The molecule has 0 amide bonds. The highest BCUT2D eigenvalue weighted by atomic mass is 35.5. The van der Waals surface area contributed by atoms with Crippen LogP contribution in [-0.2, 0) is 0 Å². The zero-order valence-corrected chi connectivity index (χ0v) is 14.3. The zero-order valence-electron chi connectivity index (χ0n) is 12.6. The first kappa shape index (κ1) is 19.5. The van der Waals surface area contributed by atoms with Crippen molar-refractivity contribution in [1.82, 2.24) is 10.2 Å². The molecular formula is C16H25Cl2FN2O. The second-order valence-corrected chi connectivity index (χ2v) is 5.98. The fourth-order valence-electron chi connectivity index (χ4n) is 3.74. The summed E-state index contributed by atoms with van der Waals surface area (Å²) in [5.41, 5.74) is 0.777. The van der Waals surface area contributed by atoms with Gasteiger partial charge in [-0.15, -0.1) is 24.8 Å². The van der Waals surface area contributed by atoms with E-state index in [1.807, 2.05) is 0 Å². The third-order valence-electron chi connectivity index (χ3n) is 4.70. The van der Waals surface area contributed by atoms with Gasteiger partial charge in [-0.05, 0) is 37.0 Å². The van der Waals surface area contributed by atoms with Gasteiger partial charge in [0.1, 0.15) is 11.6 Å². The molecule has 1 saturated heterocycles. The average Bonchev–Trinajstić information content (AvgIpc) is 2.98. The Morgan fingerprint density at radius 1 is 1.14 bits per heavy atom. The molecule has 1 aromatic rings.